The van der Waals surface area contributed by atoms with Crippen molar-refractivity contribution >= 4 is 29.1 Å². The number of nitrogens with zero attached hydrogens (tertiary/aromatic N) is 2. The molecule has 2 N–H and O–H groups in total. The van der Waals surface area contributed by atoms with E-state index in [4.69, 9.17) is 11.6 Å². The Labute approximate surface area is 147 Å². The second-order valence-electron chi connectivity index (χ2n) is 5.77. The Morgan fingerprint density at radius 3 is 2.67 bits per heavy atom. The highest BCUT2D eigenvalue weighted by atomic mass is 35.5. The van der Waals surface area contributed by atoms with E-state index in [1.165, 1.54) is 0 Å². The summed E-state index contributed by atoms with van der Waals surface area (Å²) >= 11 is 6.13. The van der Waals surface area contributed by atoms with Crippen LogP contribution in [0, 0.1) is 13.8 Å². The average Bonchev–Trinajstić information content (AvgIpc) is 2.54. The first-order valence-electron chi connectivity index (χ1n) is 8.16. The standard InChI is InChI=1S/C18H23ClN4O/c1-4-5-6-9-20-17(24)16-10-13(3)21-18(23-16)22-14-8-7-12(2)15(19)11-14/h7-8,10-11H,4-6,9H2,1-3H3,(H,20,24)(H,21,22,23). The second kappa shape index (κ2) is 8.64. The lowest BCUT2D eigenvalue weighted by molar-refractivity contribution is 0.0948. The summed E-state index contributed by atoms with van der Waals surface area (Å²) < 4.78 is 0. The fraction of sp³-hybridized carbons (Fsp3) is 0.389. The van der Waals surface area contributed by atoms with Crippen molar-refractivity contribution in [3.05, 3.63) is 46.2 Å². The van der Waals surface area contributed by atoms with Gasteiger partial charge in [0, 0.05) is 22.9 Å². The van der Waals surface area contributed by atoms with Gasteiger partial charge in [0.2, 0.25) is 5.95 Å². The molecule has 0 spiro atoms. The third-order valence-corrected chi connectivity index (χ3v) is 3.99. The SMILES string of the molecule is CCCCCNC(=O)c1cc(C)nc(Nc2ccc(C)c(Cl)c2)n1. The van der Waals surface area contributed by atoms with Crippen LogP contribution in [-0.4, -0.2) is 22.4 Å². The Hall–Kier alpha value is -2.14. The van der Waals surface area contributed by atoms with Crippen molar-refractivity contribution in [2.45, 2.75) is 40.0 Å². The quantitative estimate of drug-likeness (QED) is 0.729. The second-order valence-corrected chi connectivity index (χ2v) is 6.18. The predicted octanol–water partition coefficient (Wildman–Crippen LogP) is 4.41. The maximum Gasteiger partial charge on any atom is 0.270 e. The lowest BCUT2D eigenvalue weighted by Gasteiger charge is -2.09. The number of carbonyl (C=O) groups is 1. The zero-order chi connectivity index (χ0) is 17.5. The van der Waals surface area contributed by atoms with Crippen LogP contribution in [-0.2, 0) is 0 Å². The fourth-order valence-corrected chi connectivity index (χ4v) is 2.39. The number of hydrogen-bond acceptors (Lipinski definition) is 4. The van der Waals surface area contributed by atoms with E-state index >= 15 is 0 Å². The lowest BCUT2D eigenvalue weighted by Crippen LogP contribution is -2.25. The van der Waals surface area contributed by atoms with Crippen LogP contribution in [0.25, 0.3) is 0 Å². The molecule has 5 nitrogen and oxygen atoms in total. The maximum absolute atomic E-state index is 12.2. The van der Waals surface area contributed by atoms with Crippen LogP contribution in [0.3, 0.4) is 0 Å². The lowest BCUT2D eigenvalue weighted by atomic mass is 10.2. The van der Waals surface area contributed by atoms with E-state index in [-0.39, 0.29) is 5.91 Å². The topological polar surface area (TPSA) is 66.9 Å². The number of anilines is 2. The van der Waals surface area contributed by atoms with Crippen molar-refractivity contribution < 1.29 is 4.79 Å². The molecule has 0 bridgehead atoms. The van der Waals surface area contributed by atoms with E-state index in [2.05, 4.69) is 27.5 Å². The van der Waals surface area contributed by atoms with Gasteiger partial charge < -0.3 is 10.6 Å². The number of carbonyl (C=O) groups excluding carboxylic acids is 1. The molecule has 6 heteroatoms. The molecule has 0 saturated carbocycles. The van der Waals surface area contributed by atoms with Crippen LogP contribution in [0.4, 0.5) is 11.6 Å². The molecule has 2 aromatic rings. The monoisotopic (exact) mass is 346 g/mol. The molecule has 1 aromatic carbocycles. The largest absolute Gasteiger partial charge is 0.351 e. The van der Waals surface area contributed by atoms with Crippen LogP contribution in [0.1, 0.15) is 47.9 Å². The molecule has 0 unspecified atom stereocenters. The van der Waals surface area contributed by atoms with Crippen molar-refractivity contribution in [1.82, 2.24) is 15.3 Å². The number of aromatic nitrogens is 2. The van der Waals surface area contributed by atoms with Gasteiger partial charge in [0.15, 0.2) is 0 Å². The number of aryl methyl sites for hydroxylation is 2. The van der Waals surface area contributed by atoms with Crippen molar-refractivity contribution in [1.29, 1.82) is 0 Å². The molecule has 1 heterocycles. The zero-order valence-corrected chi connectivity index (χ0v) is 15.1. The van der Waals surface area contributed by atoms with Crippen LogP contribution >= 0.6 is 11.6 Å². The van der Waals surface area contributed by atoms with E-state index in [1.807, 2.05) is 32.0 Å². The van der Waals surface area contributed by atoms with Crippen molar-refractivity contribution in [3.8, 4) is 0 Å². The van der Waals surface area contributed by atoms with Crippen molar-refractivity contribution in [2.75, 3.05) is 11.9 Å². The molecular weight excluding hydrogens is 324 g/mol. The molecule has 0 aliphatic rings. The summed E-state index contributed by atoms with van der Waals surface area (Å²) in [5, 5.41) is 6.66. The van der Waals surface area contributed by atoms with Gasteiger partial charge in [-0.15, -0.1) is 0 Å². The van der Waals surface area contributed by atoms with Crippen LogP contribution in [0.5, 0.6) is 0 Å². The van der Waals surface area contributed by atoms with E-state index < -0.39 is 0 Å². The molecule has 0 aliphatic heterocycles. The fourth-order valence-electron chi connectivity index (χ4n) is 2.21. The summed E-state index contributed by atoms with van der Waals surface area (Å²) in [5.74, 6) is 0.204. The first-order chi connectivity index (χ1) is 11.5. The zero-order valence-electron chi connectivity index (χ0n) is 14.3. The molecule has 24 heavy (non-hydrogen) atoms. The van der Waals surface area contributed by atoms with E-state index in [9.17, 15) is 4.79 Å². The van der Waals surface area contributed by atoms with Crippen LogP contribution in [0.2, 0.25) is 5.02 Å². The number of amides is 1. The Balaban J connectivity index is 2.10. The first-order valence-corrected chi connectivity index (χ1v) is 8.54. The van der Waals surface area contributed by atoms with Gasteiger partial charge in [0.05, 0.1) is 0 Å². The summed E-state index contributed by atoms with van der Waals surface area (Å²) in [6.07, 6.45) is 3.19. The first kappa shape index (κ1) is 18.2. The number of nitrogens with one attached hydrogen (secondary N) is 2. The van der Waals surface area contributed by atoms with E-state index in [0.29, 0.717) is 23.2 Å². The molecule has 1 amide bonds. The molecule has 1 aromatic heterocycles. The van der Waals surface area contributed by atoms with Gasteiger partial charge in [-0.3, -0.25) is 4.79 Å². The van der Waals surface area contributed by atoms with Gasteiger partial charge in [-0.25, -0.2) is 9.97 Å². The molecule has 0 atom stereocenters. The number of hydrogen-bond donors (Lipinski definition) is 2. The molecule has 0 aliphatic carbocycles. The summed E-state index contributed by atoms with van der Waals surface area (Å²) in [6.45, 7) is 6.57. The van der Waals surface area contributed by atoms with Gasteiger partial charge in [-0.2, -0.15) is 0 Å². The third kappa shape index (κ3) is 5.20. The highest BCUT2D eigenvalue weighted by Crippen LogP contribution is 2.22. The summed E-state index contributed by atoms with van der Waals surface area (Å²) in [7, 11) is 0. The molecular formula is C18H23ClN4O. The molecule has 0 fully saturated rings. The average molecular weight is 347 g/mol. The minimum atomic E-state index is -0.179. The highest BCUT2D eigenvalue weighted by molar-refractivity contribution is 6.31. The normalized spacial score (nSPS) is 10.5. The van der Waals surface area contributed by atoms with Crippen molar-refractivity contribution in [3.63, 3.8) is 0 Å². The number of benzene rings is 1. The van der Waals surface area contributed by atoms with Gasteiger partial charge in [0.1, 0.15) is 5.69 Å². The van der Waals surface area contributed by atoms with Gasteiger partial charge in [0.25, 0.3) is 5.91 Å². The smallest absolute Gasteiger partial charge is 0.270 e. The molecule has 0 saturated heterocycles. The number of unbranched alkanes of at least 4 members (excludes halogenated alkanes) is 2. The highest BCUT2D eigenvalue weighted by Gasteiger charge is 2.10. The Morgan fingerprint density at radius 2 is 1.96 bits per heavy atom. The Morgan fingerprint density at radius 1 is 1.17 bits per heavy atom. The molecule has 2 rings (SSSR count). The third-order valence-electron chi connectivity index (χ3n) is 3.58. The number of rotatable bonds is 7. The summed E-state index contributed by atoms with van der Waals surface area (Å²) in [6, 6.07) is 7.31. The molecule has 0 radical (unpaired) electrons. The van der Waals surface area contributed by atoms with Gasteiger partial charge in [-0.1, -0.05) is 37.4 Å². The minimum Gasteiger partial charge on any atom is -0.351 e. The summed E-state index contributed by atoms with van der Waals surface area (Å²) in [5.41, 5.74) is 2.87. The van der Waals surface area contributed by atoms with Gasteiger partial charge >= 0.3 is 0 Å². The number of halogens is 1. The maximum atomic E-state index is 12.2. The Kier molecular flexibility index (Phi) is 6.55. The Bertz CT molecular complexity index is 718. The van der Waals surface area contributed by atoms with Gasteiger partial charge in [-0.05, 0) is 44.0 Å². The predicted molar refractivity (Wildman–Crippen MR) is 98.1 cm³/mol. The molecule has 128 valence electrons. The van der Waals surface area contributed by atoms with E-state index in [0.717, 1.165) is 36.2 Å². The van der Waals surface area contributed by atoms with Crippen LogP contribution in [0.15, 0.2) is 24.3 Å². The minimum absolute atomic E-state index is 0.179. The van der Waals surface area contributed by atoms with E-state index in [1.54, 1.807) is 6.07 Å². The van der Waals surface area contributed by atoms with Crippen LogP contribution < -0.4 is 10.6 Å². The summed E-state index contributed by atoms with van der Waals surface area (Å²) in [4.78, 5) is 20.8. The van der Waals surface area contributed by atoms with Crippen molar-refractivity contribution in [2.24, 2.45) is 0 Å².